The minimum absolute atomic E-state index is 0.486. The van der Waals surface area contributed by atoms with E-state index in [1.807, 2.05) is 32.9 Å². The van der Waals surface area contributed by atoms with E-state index in [1.165, 1.54) is 5.56 Å². The fourth-order valence-electron chi connectivity index (χ4n) is 1.79. The van der Waals surface area contributed by atoms with Gasteiger partial charge in [-0.15, -0.1) is 0 Å². The van der Waals surface area contributed by atoms with Gasteiger partial charge in [0.1, 0.15) is 6.29 Å². The molecule has 0 aromatic heterocycles. The maximum absolute atomic E-state index is 10.6. The van der Waals surface area contributed by atoms with Crippen LogP contribution in [0.2, 0.25) is 0 Å². The highest BCUT2D eigenvalue weighted by Crippen LogP contribution is 2.20. The maximum Gasteiger partial charge on any atom is 0.141 e. The molecule has 2 nitrogen and oxygen atoms in total. The molecule has 0 spiro atoms. The van der Waals surface area contributed by atoms with Gasteiger partial charge in [0.25, 0.3) is 0 Å². The fraction of sp³-hybridized carbons (Fsp3) is 0.364. The average Bonchev–Trinajstić information content (AvgIpc) is 2.02. The van der Waals surface area contributed by atoms with E-state index in [9.17, 15) is 4.79 Å². The lowest BCUT2D eigenvalue weighted by Gasteiger charge is -2.13. The van der Waals surface area contributed by atoms with Gasteiger partial charge >= 0.3 is 0 Å². The van der Waals surface area contributed by atoms with Crippen molar-refractivity contribution in [3.63, 3.8) is 0 Å². The van der Waals surface area contributed by atoms with Gasteiger partial charge in [0, 0.05) is 0 Å². The van der Waals surface area contributed by atoms with E-state index in [-0.39, 0.29) is 0 Å². The van der Waals surface area contributed by atoms with E-state index in [0.717, 1.165) is 23.0 Å². The third-order valence-corrected chi connectivity index (χ3v) is 2.22. The van der Waals surface area contributed by atoms with Crippen LogP contribution in [0.25, 0.3) is 0 Å². The molecular formula is C11H15NO. The van der Waals surface area contributed by atoms with Crippen molar-refractivity contribution in [2.24, 2.45) is 5.73 Å². The minimum Gasteiger partial charge on any atom is -0.318 e. The summed E-state index contributed by atoms with van der Waals surface area (Å²) in [6.45, 7) is 6.01. The second-order valence-electron chi connectivity index (χ2n) is 3.47. The topological polar surface area (TPSA) is 43.1 Å². The molecule has 2 heteroatoms. The van der Waals surface area contributed by atoms with Crippen molar-refractivity contribution in [3.05, 3.63) is 34.4 Å². The Labute approximate surface area is 78.8 Å². The summed E-state index contributed by atoms with van der Waals surface area (Å²) < 4.78 is 0. The van der Waals surface area contributed by atoms with Crippen LogP contribution >= 0.6 is 0 Å². The molecule has 0 saturated carbocycles. The normalized spacial score (nSPS) is 12.6. The number of aryl methyl sites for hydroxylation is 3. The van der Waals surface area contributed by atoms with Crippen LogP contribution < -0.4 is 5.73 Å². The van der Waals surface area contributed by atoms with E-state index in [1.54, 1.807) is 0 Å². The van der Waals surface area contributed by atoms with Crippen molar-refractivity contribution in [3.8, 4) is 0 Å². The Morgan fingerprint density at radius 1 is 1.23 bits per heavy atom. The molecule has 0 radical (unpaired) electrons. The van der Waals surface area contributed by atoms with Crippen LogP contribution in [0.4, 0.5) is 0 Å². The Morgan fingerprint density at radius 2 is 1.69 bits per heavy atom. The molecule has 0 saturated heterocycles. The van der Waals surface area contributed by atoms with Crippen molar-refractivity contribution in [1.82, 2.24) is 0 Å². The van der Waals surface area contributed by atoms with E-state index >= 15 is 0 Å². The van der Waals surface area contributed by atoms with Crippen LogP contribution in [-0.2, 0) is 4.79 Å². The van der Waals surface area contributed by atoms with Gasteiger partial charge < -0.3 is 10.5 Å². The summed E-state index contributed by atoms with van der Waals surface area (Å²) in [4.78, 5) is 10.6. The zero-order valence-corrected chi connectivity index (χ0v) is 8.29. The largest absolute Gasteiger partial charge is 0.318 e. The molecular weight excluding hydrogens is 162 g/mol. The lowest BCUT2D eigenvalue weighted by atomic mass is 9.95. The summed E-state index contributed by atoms with van der Waals surface area (Å²) in [6, 6.07) is 3.61. The van der Waals surface area contributed by atoms with E-state index in [2.05, 4.69) is 0 Å². The molecule has 0 aliphatic carbocycles. The smallest absolute Gasteiger partial charge is 0.141 e. The van der Waals surface area contributed by atoms with Gasteiger partial charge in [-0.25, -0.2) is 0 Å². The molecule has 2 N–H and O–H groups in total. The summed E-state index contributed by atoms with van der Waals surface area (Å²) >= 11 is 0. The van der Waals surface area contributed by atoms with Gasteiger partial charge in [-0.1, -0.05) is 17.7 Å². The Hall–Kier alpha value is -1.15. The number of rotatable bonds is 2. The highest BCUT2D eigenvalue weighted by molar-refractivity contribution is 5.63. The number of hydrogen-bond acceptors (Lipinski definition) is 2. The first-order valence-corrected chi connectivity index (χ1v) is 4.35. The lowest BCUT2D eigenvalue weighted by molar-refractivity contribution is -0.109. The van der Waals surface area contributed by atoms with E-state index in [0.29, 0.717) is 0 Å². The van der Waals surface area contributed by atoms with E-state index < -0.39 is 6.04 Å². The third-order valence-electron chi connectivity index (χ3n) is 2.22. The molecule has 0 bridgehead atoms. The fourth-order valence-corrected chi connectivity index (χ4v) is 1.79. The Morgan fingerprint density at radius 3 is 2.08 bits per heavy atom. The van der Waals surface area contributed by atoms with E-state index in [4.69, 9.17) is 5.73 Å². The van der Waals surface area contributed by atoms with Crippen LogP contribution in [0.1, 0.15) is 28.3 Å². The number of aldehydes is 1. The molecule has 0 fully saturated rings. The highest BCUT2D eigenvalue weighted by Gasteiger charge is 2.10. The van der Waals surface area contributed by atoms with Crippen LogP contribution in [0.15, 0.2) is 12.1 Å². The van der Waals surface area contributed by atoms with Crippen LogP contribution in [0.5, 0.6) is 0 Å². The number of nitrogens with two attached hydrogens (primary N) is 1. The molecule has 70 valence electrons. The second kappa shape index (κ2) is 3.71. The van der Waals surface area contributed by atoms with Crippen molar-refractivity contribution in [2.45, 2.75) is 26.8 Å². The summed E-state index contributed by atoms with van der Waals surface area (Å²) in [7, 11) is 0. The third kappa shape index (κ3) is 1.95. The predicted octanol–water partition coefficient (Wildman–Crippen LogP) is 1.81. The second-order valence-corrected chi connectivity index (χ2v) is 3.47. The van der Waals surface area contributed by atoms with Crippen molar-refractivity contribution in [2.75, 3.05) is 0 Å². The molecule has 13 heavy (non-hydrogen) atoms. The first-order chi connectivity index (χ1) is 6.06. The van der Waals surface area contributed by atoms with Gasteiger partial charge in [0.2, 0.25) is 0 Å². The lowest BCUT2D eigenvalue weighted by Crippen LogP contribution is -2.14. The Balaban J connectivity index is 3.28. The summed E-state index contributed by atoms with van der Waals surface area (Å²) in [5.41, 5.74) is 10.0. The standard InChI is InChI=1S/C11H15NO/c1-7-4-8(2)11(9(3)5-7)10(12)6-13/h4-6,10H,12H2,1-3H3. The Bertz CT molecular complexity index is 308. The van der Waals surface area contributed by atoms with Gasteiger partial charge in [-0.2, -0.15) is 0 Å². The first kappa shape index (κ1) is 9.93. The number of hydrogen-bond donors (Lipinski definition) is 1. The minimum atomic E-state index is -0.486. The van der Waals surface area contributed by atoms with Gasteiger partial charge in [-0.3, -0.25) is 0 Å². The molecule has 0 aliphatic heterocycles. The average molecular weight is 177 g/mol. The molecule has 1 atom stereocenters. The van der Waals surface area contributed by atoms with Crippen LogP contribution in [-0.4, -0.2) is 6.29 Å². The van der Waals surface area contributed by atoms with Gasteiger partial charge in [-0.05, 0) is 37.5 Å². The monoisotopic (exact) mass is 177 g/mol. The number of carbonyl (C=O) groups excluding carboxylic acids is 1. The van der Waals surface area contributed by atoms with Crippen molar-refractivity contribution >= 4 is 6.29 Å². The zero-order valence-electron chi connectivity index (χ0n) is 8.29. The molecule has 0 aliphatic rings. The first-order valence-electron chi connectivity index (χ1n) is 4.35. The zero-order chi connectivity index (χ0) is 10.0. The molecule has 0 amide bonds. The number of benzene rings is 1. The highest BCUT2D eigenvalue weighted by atomic mass is 16.1. The molecule has 1 aromatic rings. The SMILES string of the molecule is Cc1cc(C)c(C(N)C=O)c(C)c1. The maximum atomic E-state index is 10.6. The summed E-state index contributed by atoms with van der Waals surface area (Å²) in [6.07, 6.45) is 0.782. The Kier molecular flexibility index (Phi) is 2.83. The molecule has 1 rings (SSSR count). The molecule has 1 aromatic carbocycles. The number of carbonyl (C=O) groups is 1. The van der Waals surface area contributed by atoms with Crippen molar-refractivity contribution in [1.29, 1.82) is 0 Å². The quantitative estimate of drug-likeness (QED) is 0.700. The predicted molar refractivity (Wildman–Crippen MR) is 53.6 cm³/mol. The van der Waals surface area contributed by atoms with Crippen molar-refractivity contribution < 1.29 is 4.79 Å². The van der Waals surface area contributed by atoms with Gasteiger partial charge in [0.15, 0.2) is 0 Å². The molecule has 0 heterocycles. The molecule has 1 unspecified atom stereocenters. The van der Waals surface area contributed by atoms with Crippen LogP contribution in [0, 0.1) is 20.8 Å². The summed E-state index contributed by atoms with van der Waals surface area (Å²) in [5.74, 6) is 0. The summed E-state index contributed by atoms with van der Waals surface area (Å²) in [5, 5.41) is 0. The van der Waals surface area contributed by atoms with Crippen LogP contribution in [0.3, 0.4) is 0 Å². The van der Waals surface area contributed by atoms with Gasteiger partial charge in [0.05, 0.1) is 6.04 Å².